The van der Waals surface area contributed by atoms with Crippen LogP contribution >= 0.6 is 7.82 Å². The Hall–Kier alpha value is -1.66. The summed E-state index contributed by atoms with van der Waals surface area (Å²) in [7, 11) is -4.92. The number of aliphatic hydroxyl groups is 2. The highest BCUT2D eigenvalue weighted by molar-refractivity contribution is 7.46. The van der Waals surface area contributed by atoms with Gasteiger partial charge in [-0.3, -0.25) is 9.51 Å². The molecule has 2 aromatic rings. The number of anilines is 1. The SMILES string of the molecule is Nc1nc(C2O[C@H](CO)[C@@H](O)[C@@H]2OP(=O)(O)O)nc2[nH+]c[nH]c12. The van der Waals surface area contributed by atoms with Gasteiger partial charge in [-0.05, 0) is 0 Å². The molecule has 2 aromatic heterocycles. The fraction of sp³-hybridized carbons (Fsp3) is 0.500. The fourth-order valence-electron chi connectivity index (χ4n) is 2.42. The van der Waals surface area contributed by atoms with E-state index in [0.717, 1.165) is 0 Å². The molecule has 3 rings (SSSR count). The predicted molar refractivity (Wildman–Crippen MR) is 72.5 cm³/mol. The Morgan fingerprint density at radius 1 is 1.48 bits per heavy atom. The van der Waals surface area contributed by atoms with Crippen molar-refractivity contribution in [1.29, 1.82) is 0 Å². The minimum atomic E-state index is -4.92. The predicted octanol–water partition coefficient (Wildman–Crippen LogP) is -2.37. The van der Waals surface area contributed by atoms with E-state index in [1.165, 1.54) is 6.33 Å². The average molecular weight is 348 g/mol. The minimum Gasteiger partial charge on any atom is -0.394 e. The molecule has 1 aliphatic rings. The van der Waals surface area contributed by atoms with Crippen LogP contribution in [0.5, 0.6) is 0 Å². The number of fused-ring (bicyclic) bond motifs is 1. The van der Waals surface area contributed by atoms with Crippen molar-refractivity contribution >= 4 is 24.8 Å². The van der Waals surface area contributed by atoms with Crippen LogP contribution in [0.15, 0.2) is 6.33 Å². The van der Waals surface area contributed by atoms with Gasteiger partial charge >= 0.3 is 13.5 Å². The summed E-state index contributed by atoms with van der Waals surface area (Å²) in [5.74, 6) is 0.0333. The van der Waals surface area contributed by atoms with E-state index in [4.69, 9.17) is 20.3 Å². The molecule has 1 fully saturated rings. The van der Waals surface area contributed by atoms with Gasteiger partial charge in [0, 0.05) is 0 Å². The maximum Gasteiger partial charge on any atom is 0.470 e. The zero-order valence-electron chi connectivity index (χ0n) is 11.5. The van der Waals surface area contributed by atoms with Gasteiger partial charge in [0.25, 0.3) is 0 Å². The number of nitrogens with one attached hydrogen (secondary N) is 2. The van der Waals surface area contributed by atoms with Gasteiger partial charge in [-0.15, -0.1) is 0 Å². The number of aliphatic hydroxyl groups excluding tert-OH is 2. The lowest BCUT2D eigenvalue weighted by atomic mass is 10.1. The fourth-order valence-corrected chi connectivity index (χ4v) is 2.97. The molecule has 1 unspecified atom stereocenters. The van der Waals surface area contributed by atoms with E-state index in [2.05, 4.69) is 24.5 Å². The number of imidazole rings is 1. The van der Waals surface area contributed by atoms with Crippen molar-refractivity contribution in [3.8, 4) is 0 Å². The third-order valence-corrected chi connectivity index (χ3v) is 3.93. The second-order valence-electron chi connectivity index (χ2n) is 4.95. The van der Waals surface area contributed by atoms with Gasteiger partial charge in [-0.2, -0.15) is 4.98 Å². The van der Waals surface area contributed by atoms with Gasteiger partial charge in [0.15, 0.2) is 18.2 Å². The van der Waals surface area contributed by atoms with E-state index < -0.39 is 38.8 Å². The number of phosphoric acid groups is 1. The van der Waals surface area contributed by atoms with Gasteiger partial charge in [0.2, 0.25) is 11.3 Å². The number of aromatic nitrogens is 4. The second kappa shape index (κ2) is 5.76. The summed E-state index contributed by atoms with van der Waals surface area (Å²) < 4.78 is 21.1. The molecule has 8 N–H and O–H groups in total. The van der Waals surface area contributed by atoms with Crippen molar-refractivity contribution in [2.45, 2.75) is 24.4 Å². The standard InChI is InChI=1S/C10H14N5O7P/c11-8-4-9(13-2-12-4)15-10(14-8)7-6(22-23(18,19)20)5(17)3(1-16)21-7/h2-3,5-7,16-17H,1H2,(H2,18,19,20)(H3,11,12,13,14,15)/p+1/t3-,5-,6+,7?/m1/s1. The molecule has 0 radical (unpaired) electrons. The quantitative estimate of drug-likeness (QED) is 0.324. The Balaban J connectivity index is 2.01. The Bertz CT molecular complexity index is 763. The molecular weight excluding hydrogens is 333 g/mol. The summed E-state index contributed by atoms with van der Waals surface area (Å²) in [6.07, 6.45) is -3.79. The molecule has 23 heavy (non-hydrogen) atoms. The number of ether oxygens (including phenoxy) is 1. The summed E-state index contributed by atoms with van der Waals surface area (Å²) in [6, 6.07) is 0. The molecule has 3 heterocycles. The van der Waals surface area contributed by atoms with Crippen LogP contribution in [0, 0.1) is 0 Å². The normalized spacial score (nSPS) is 28.5. The van der Waals surface area contributed by atoms with E-state index in [1.807, 2.05) is 0 Å². The topological polar surface area (TPSA) is 198 Å². The first-order valence-electron chi connectivity index (χ1n) is 6.50. The zero-order valence-corrected chi connectivity index (χ0v) is 12.4. The monoisotopic (exact) mass is 348 g/mol. The molecule has 1 aliphatic heterocycles. The molecule has 0 amide bonds. The number of phosphoric ester groups is 1. The molecule has 4 atom stereocenters. The number of hydrogen-bond acceptors (Lipinski definition) is 8. The number of hydrogen-bond donors (Lipinski definition) is 6. The van der Waals surface area contributed by atoms with Crippen LogP contribution in [0.3, 0.4) is 0 Å². The molecule has 1 saturated heterocycles. The summed E-state index contributed by atoms with van der Waals surface area (Å²) in [5.41, 5.74) is 6.56. The van der Waals surface area contributed by atoms with Crippen molar-refractivity contribution in [3.05, 3.63) is 12.2 Å². The van der Waals surface area contributed by atoms with Crippen LogP contribution in [0.2, 0.25) is 0 Å². The molecular formula is C10H15N5O7P+. The average Bonchev–Trinajstić information content (AvgIpc) is 3.04. The summed E-state index contributed by atoms with van der Waals surface area (Å²) in [5, 5.41) is 19.2. The Morgan fingerprint density at radius 2 is 2.22 bits per heavy atom. The van der Waals surface area contributed by atoms with E-state index in [9.17, 15) is 14.8 Å². The van der Waals surface area contributed by atoms with Crippen molar-refractivity contribution in [2.24, 2.45) is 0 Å². The highest BCUT2D eigenvalue weighted by Crippen LogP contribution is 2.45. The maximum absolute atomic E-state index is 11.1. The van der Waals surface area contributed by atoms with E-state index >= 15 is 0 Å². The van der Waals surface area contributed by atoms with Crippen molar-refractivity contribution in [2.75, 3.05) is 12.3 Å². The van der Waals surface area contributed by atoms with Gasteiger partial charge in [-0.25, -0.2) is 9.55 Å². The van der Waals surface area contributed by atoms with E-state index in [1.54, 1.807) is 0 Å². The van der Waals surface area contributed by atoms with Crippen LogP contribution in [0.25, 0.3) is 11.2 Å². The van der Waals surface area contributed by atoms with Crippen LogP contribution in [-0.2, 0) is 13.8 Å². The van der Waals surface area contributed by atoms with Crippen LogP contribution in [0.4, 0.5) is 5.82 Å². The van der Waals surface area contributed by atoms with Crippen LogP contribution < -0.4 is 10.7 Å². The third-order valence-electron chi connectivity index (χ3n) is 3.41. The maximum atomic E-state index is 11.1. The number of rotatable bonds is 4. The Labute approximate surface area is 128 Å². The minimum absolute atomic E-state index is 0.0423. The lowest BCUT2D eigenvalue weighted by Crippen LogP contribution is -2.34. The second-order valence-corrected chi connectivity index (χ2v) is 6.14. The summed E-state index contributed by atoms with van der Waals surface area (Å²) in [4.78, 5) is 31.7. The summed E-state index contributed by atoms with van der Waals surface area (Å²) in [6.45, 7) is -0.577. The number of nitrogens with two attached hydrogens (primary N) is 1. The molecule has 0 spiro atoms. The first-order chi connectivity index (χ1) is 10.8. The van der Waals surface area contributed by atoms with Gasteiger partial charge in [0.1, 0.15) is 18.3 Å². The molecule has 0 saturated carbocycles. The number of nitrogen functional groups attached to an aromatic ring is 1. The molecule has 0 bridgehead atoms. The summed E-state index contributed by atoms with van der Waals surface area (Å²) >= 11 is 0. The highest BCUT2D eigenvalue weighted by Gasteiger charge is 2.50. The van der Waals surface area contributed by atoms with E-state index in [0.29, 0.717) is 11.2 Å². The zero-order chi connectivity index (χ0) is 16.8. The van der Waals surface area contributed by atoms with E-state index in [-0.39, 0.29) is 11.6 Å². The molecule has 0 aromatic carbocycles. The largest absolute Gasteiger partial charge is 0.470 e. The number of aromatic amines is 2. The smallest absolute Gasteiger partial charge is 0.394 e. The first-order valence-corrected chi connectivity index (χ1v) is 8.03. The first kappa shape index (κ1) is 16.2. The highest BCUT2D eigenvalue weighted by atomic mass is 31.2. The molecule has 0 aliphatic carbocycles. The third kappa shape index (κ3) is 3.05. The Kier molecular flexibility index (Phi) is 4.06. The molecule has 126 valence electrons. The molecule has 13 heteroatoms. The van der Waals surface area contributed by atoms with Gasteiger partial charge in [-0.1, -0.05) is 4.98 Å². The van der Waals surface area contributed by atoms with Crippen molar-refractivity contribution < 1.29 is 38.8 Å². The Morgan fingerprint density at radius 3 is 2.87 bits per heavy atom. The van der Waals surface area contributed by atoms with Crippen molar-refractivity contribution in [3.63, 3.8) is 0 Å². The lowest BCUT2D eigenvalue weighted by Gasteiger charge is -2.19. The number of H-pyrrole nitrogens is 2. The van der Waals surface area contributed by atoms with Gasteiger partial charge < -0.3 is 30.5 Å². The molecule has 12 nitrogen and oxygen atoms in total. The van der Waals surface area contributed by atoms with Crippen molar-refractivity contribution in [1.82, 2.24) is 15.0 Å². The van der Waals surface area contributed by atoms with Gasteiger partial charge in [0.05, 0.1) is 6.61 Å². The lowest BCUT2D eigenvalue weighted by molar-refractivity contribution is -0.347. The van der Waals surface area contributed by atoms with Crippen LogP contribution in [0.1, 0.15) is 11.9 Å². The number of nitrogens with zero attached hydrogens (tertiary/aromatic N) is 2. The van der Waals surface area contributed by atoms with Crippen LogP contribution in [-0.4, -0.2) is 59.9 Å².